The van der Waals surface area contributed by atoms with Gasteiger partial charge in [-0.05, 0) is 25.2 Å². The predicted octanol–water partition coefficient (Wildman–Crippen LogP) is 4.43. The average Bonchev–Trinajstić information content (AvgIpc) is 2.36. The number of carbonyl (C=O) groups excluding carboxylic acids is 1. The Hall–Kier alpha value is -1.31. The molecule has 0 rings (SSSR count). The lowest BCUT2D eigenvalue weighted by atomic mass is 10.0. The quantitative estimate of drug-likeness (QED) is 0.362. The molecule has 2 nitrogen and oxygen atoms in total. The molecule has 0 aromatic rings. The van der Waals surface area contributed by atoms with Crippen LogP contribution >= 0.6 is 0 Å². The van der Waals surface area contributed by atoms with Crippen molar-refractivity contribution in [3.05, 3.63) is 36.0 Å². The number of ether oxygens (including phenoxy) is 1. The van der Waals surface area contributed by atoms with E-state index in [0.717, 1.165) is 12.8 Å². The van der Waals surface area contributed by atoms with Crippen molar-refractivity contribution in [3.63, 3.8) is 0 Å². The smallest absolute Gasteiger partial charge is 0.330 e. The van der Waals surface area contributed by atoms with E-state index in [9.17, 15) is 4.79 Å². The first-order chi connectivity index (χ1) is 8.60. The molecule has 0 aromatic carbocycles. The summed E-state index contributed by atoms with van der Waals surface area (Å²) in [6.07, 6.45) is 14.0. The van der Waals surface area contributed by atoms with Crippen LogP contribution in [-0.4, -0.2) is 13.1 Å². The van der Waals surface area contributed by atoms with E-state index in [0.29, 0.717) is 5.92 Å². The minimum atomic E-state index is -0.319. The summed E-state index contributed by atoms with van der Waals surface area (Å²) in [7, 11) is 1.38. The van der Waals surface area contributed by atoms with Crippen LogP contribution in [0.1, 0.15) is 46.5 Å². The number of esters is 1. The molecule has 0 aromatic heterocycles. The molecule has 18 heavy (non-hydrogen) atoms. The third-order valence-electron chi connectivity index (χ3n) is 2.53. The summed E-state index contributed by atoms with van der Waals surface area (Å²) in [6, 6.07) is 0. The van der Waals surface area contributed by atoms with Crippen molar-refractivity contribution in [1.29, 1.82) is 0 Å². The van der Waals surface area contributed by atoms with Crippen molar-refractivity contribution in [3.8, 4) is 0 Å². The van der Waals surface area contributed by atoms with Gasteiger partial charge in [0.05, 0.1) is 7.11 Å². The molecule has 0 saturated carbocycles. The molecule has 0 radical (unpaired) electrons. The molecule has 2 heteroatoms. The Labute approximate surface area is 111 Å². The summed E-state index contributed by atoms with van der Waals surface area (Å²) in [5, 5.41) is 0. The standard InChI is InChI=1S/C16H26O2/c1-5-6-9-15(13-12-14(2)3)10-7-8-11-16(17)18-4/h7-8,10-11,13-14H,5-6,9,12H2,1-4H3/b10-7+,11-8+,15-13-. The van der Waals surface area contributed by atoms with Gasteiger partial charge in [-0.1, -0.05) is 57.1 Å². The fraction of sp³-hybridized carbons (Fsp3) is 0.562. The highest BCUT2D eigenvalue weighted by Crippen LogP contribution is 2.12. The van der Waals surface area contributed by atoms with Crippen molar-refractivity contribution in [2.45, 2.75) is 46.5 Å². The van der Waals surface area contributed by atoms with Crippen LogP contribution in [0.3, 0.4) is 0 Å². The van der Waals surface area contributed by atoms with Crippen molar-refractivity contribution in [2.24, 2.45) is 5.92 Å². The number of rotatable bonds is 8. The maximum atomic E-state index is 10.9. The molecule has 0 spiro atoms. The van der Waals surface area contributed by atoms with Crippen LogP contribution < -0.4 is 0 Å². The van der Waals surface area contributed by atoms with E-state index >= 15 is 0 Å². The molecule has 0 aliphatic carbocycles. The van der Waals surface area contributed by atoms with Gasteiger partial charge in [-0.15, -0.1) is 0 Å². The third kappa shape index (κ3) is 9.88. The summed E-state index contributed by atoms with van der Waals surface area (Å²) in [4.78, 5) is 10.9. The fourth-order valence-corrected chi connectivity index (χ4v) is 1.40. The molecule has 102 valence electrons. The first-order valence-corrected chi connectivity index (χ1v) is 6.71. The van der Waals surface area contributed by atoms with Gasteiger partial charge in [-0.25, -0.2) is 4.79 Å². The molecule has 0 heterocycles. The van der Waals surface area contributed by atoms with E-state index in [1.807, 2.05) is 6.08 Å². The van der Waals surface area contributed by atoms with Gasteiger partial charge in [-0.2, -0.15) is 0 Å². The fourth-order valence-electron chi connectivity index (χ4n) is 1.40. The van der Waals surface area contributed by atoms with E-state index in [-0.39, 0.29) is 5.97 Å². The molecule has 0 bridgehead atoms. The Morgan fingerprint density at radius 2 is 1.89 bits per heavy atom. The van der Waals surface area contributed by atoms with Gasteiger partial charge < -0.3 is 4.74 Å². The second kappa shape index (κ2) is 10.8. The van der Waals surface area contributed by atoms with Gasteiger partial charge in [0.25, 0.3) is 0 Å². The van der Waals surface area contributed by atoms with Crippen LogP contribution in [0, 0.1) is 5.92 Å². The Morgan fingerprint density at radius 1 is 1.22 bits per heavy atom. The molecule has 0 amide bonds. The second-order valence-electron chi connectivity index (χ2n) is 4.75. The predicted molar refractivity (Wildman–Crippen MR) is 77.4 cm³/mol. The zero-order valence-electron chi connectivity index (χ0n) is 12.1. The van der Waals surface area contributed by atoms with Gasteiger partial charge in [0.2, 0.25) is 0 Å². The largest absolute Gasteiger partial charge is 0.466 e. The zero-order chi connectivity index (χ0) is 13.8. The number of hydrogen-bond acceptors (Lipinski definition) is 2. The summed E-state index contributed by atoms with van der Waals surface area (Å²) in [6.45, 7) is 6.63. The third-order valence-corrected chi connectivity index (χ3v) is 2.53. The highest BCUT2D eigenvalue weighted by molar-refractivity contribution is 5.82. The maximum absolute atomic E-state index is 10.9. The number of unbranched alkanes of at least 4 members (excludes halogenated alkanes) is 1. The van der Waals surface area contributed by atoms with E-state index in [1.54, 1.807) is 6.08 Å². The lowest BCUT2D eigenvalue weighted by molar-refractivity contribution is -0.134. The SMILES string of the molecule is CCCCC(=C/CC(C)C)/C=C/C=C/C(=O)OC. The van der Waals surface area contributed by atoms with E-state index in [4.69, 9.17) is 0 Å². The number of carbonyl (C=O) groups is 1. The van der Waals surface area contributed by atoms with Crippen LogP contribution in [0.25, 0.3) is 0 Å². The summed E-state index contributed by atoms with van der Waals surface area (Å²) >= 11 is 0. The first-order valence-electron chi connectivity index (χ1n) is 6.71. The molecule has 0 aliphatic heterocycles. The van der Waals surface area contributed by atoms with Gasteiger partial charge in [0.15, 0.2) is 0 Å². The molecular weight excluding hydrogens is 224 g/mol. The summed E-state index contributed by atoms with van der Waals surface area (Å²) in [5.41, 5.74) is 1.35. The summed E-state index contributed by atoms with van der Waals surface area (Å²) in [5.74, 6) is 0.363. The molecule has 0 N–H and O–H groups in total. The Kier molecular flexibility index (Phi) is 10.0. The van der Waals surface area contributed by atoms with E-state index in [2.05, 4.69) is 37.7 Å². The van der Waals surface area contributed by atoms with Crippen molar-refractivity contribution >= 4 is 5.97 Å². The van der Waals surface area contributed by atoms with E-state index < -0.39 is 0 Å². The highest BCUT2D eigenvalue weighted by atomic mass is 16.5. The minimum Gasteiger partial charge on any atom is -0.466 e. The monoisotopic (exact) mass is 250 g/mol. The van der Waals surface area contributed by atoms with Crippen LogP contribution in [0.5, 0.6) is 0 Å². The topological polar surface area (TPSA) is 26.3 Å². The van der Waals surface area contributed by atoms with Crippen molar-refractivity contribution in [2.75, 3.05) is 7.11 Å². The lowest BCUT2D eigenvalue weighted by Crippen LogP contribution is -1.92. The molecule has 0 atom stereocenters. The number of hydrogen-bond donors (Lipinski definition) is 0. The summed E-state index contributed by atoms with van der Waals surface area (Å²) < 4.78 is 4.53. The van der Waals surface area contributed by atoms with Gasteiger partial charge in [0, 0.05) is 6.08 Å². The normalized spacial score (nSPS) is 12.8. The minimum absolute atomic E-state index is 0.319. The maximum Gasteiger partial charge on any atom is 0.330 e. The first kappa shape index (κ1) is 16.7. The molecular formula is C16H26O2. The average molecular weight is 250 g/mol. The Bertz CT molecular complexity index is 309. The van der Waals surface area contributed by atoms with E-state index in [1.165, 1.54) is 31.6 Å². The molecule has 0 aliphatic rings. The zero-order valence-corrected chi connectivity index (χ0v) is 12.1. The van der Waals surface area contributed by atoms with Crippen LogP contribution in [0.4, 0.5) is 0 Å². The Morgan fingerprint density at radius 3 is 2.44 bits per heavy atom. The Balaban J connectivity index is 4.38. The van der Waals surface area contributed by atoms with Crippen molar-refractivity contribution < 1.29 is 9.53 Å². The van der Waals surface area contributed by atoms with Crippen LogP contribution in [0.15, 0.2) is 36.0 Å². The highest BCUT2D eigenvalue weighted by Gasteiger charge is 1.95. The lowest BCUT2D eigenvalue weighted by Gasteiger charge is -2.03. The van der Waals surface area contributed by atoms with Crippen molar-refractivity contribution in [1.82, 2.24) is 0 Å². The number of methoxy groups -OCH3 is 1. The van der Waals surface area contributed by atoms with Gasteiger partial charge >= 0.3 is 5.97 Å². The number of allylic oxidation sites excluding steroid dienone is 5. The van der Waals surface area contributed by atoms with Gasteiger partial charge in [0.1, 0.15) is 0 Å². The van der Waals surface area contributed by atoms with Crippen LogP contribution in [-0.2, 0) is 9.53 Å². The molecule has 0 unspecified atom stereocenters. The van der Waals surface area contributed by atoms with Crippen LogP contribution in [0.2, 0.25) is 0 Å². The second-order valence-corrected chi connectivity index (χ2v) is 4.75. The van der Waals surface area contributed by atoms with Gasteiger partial charge in [-0.3, -0.25) is 0 Å². The molecule has 0 saturated heterocycles. The molecule has 0 fully saturated rings.